The topological polar surface area (TPSA) is 61.4 Å². The van der Waals surface area contributed by atoms with E-state index in [0.717, 1.165) is 17.3 Å². The zero-order chi connectivity index (χ0) is 21.1. The normalized spacial score (nSPS) is 15.2. The van der Waals surface area contributed by atoms with Crippen molar-refractivity contribution in [2.45, 2.75) is 32.2 Å². The van der Waals surface area contributed by atoms with E-state index in [4.69, 9.17) is 0 Å². The first kappa shape index (κ1) is 20.9. The molecule has 0 radical (unpaired) electrons. The smallest absolute Gasteiger partial charge is 0.255 e. The largest absolute Gasteiger partial charge is 0.353 e. The van der Waals surface area contributed by atoms with Crippen LogP contribution in [-0.2, 0) is 4.79 Å². The number of nitrogens with zero attached hydrogens (tertiary/aromatic N) is 4. The third kappa shape index (κ3) is 4.96. The van der Waals surface area contributed by atoms with E-state index in [2.05, 4.69) is 15.3 Å². The summed E-state index contributed by atoms with van der Waals surface area (Å²) in [5, 5.41) is 2.84. The van der Waals surface area contributed by atoms with E-state index in [0.29, 0.717) is 13.1 Å². The number of nitrogens with one attached hydrogen (secondary N) is 1. The molecule has 2 aromatic rings. The molecule has 1 unspecified atom stereocenters. The quantitative estimate of drug-likeness (QED) is 0.764. The molecule has 1 aromatic carbocycles. The highest BCUT2D eigenvalue weighted by Gasteiger charge is 2.31. The van der Waals surface area contributed by atoms with Crippen molar-refractivity contribution in [3.63, 3.8) is 0 Å². The monoisotopic (exact) mass is 407 g/mol. The lowest BCUT2D eigenvalue weighted by Crippen LogP contribution is -2.46. The molecule has 156 valence electrons. The van der Waals surface area contributed by atoms with E-state index >= 15 is 0 Å². The Morgan fingerprint density at radius 2 is 1.97 bits per heavy atom. The summed E-state index contributed by atoms with van der Waals surface area (Å²) in [4.78, 5) is 22.1. The average molecular weight is 407 g/mol. The fourth-order valence-electron chi connectivity index (χ4n) is 3.35. The molecule has 1 N–H and O–H groups in total. The van der Waals surface area contributed by atoms with Gasteiger partial charge in [0.05, 0.1) is 18.8 Å². The fourth-order valence-corrected chi connectivity index (χ4v) is 3.35. The molecule has 1 aromatic heterocycles. The van der Waals surface area contributed by atoms with Crippen LogP contribution in [0.25, 0.3) is 0 Å². The number of hydrogen-bond donors (Lipinski definition) is 1. The predicted octanol–water partition coefficient (Wildman–Crippen LogP) is 3.12. The zero-order valence-corrected chi connectivity index (χ0v) is 16.6. The molecule has 1 amide bonds. The van der Waals surface area contributed by atoms with Crippen LogP contribution in [0.15, 0.2) is 30.5 Å². The van der Waals surface area contributed by atoms with Crippen LogP contribution in [0.1, 0.15) is 36.9 Å². The molecule has 1 saturated heterocycles. The van der Waals surface area contributed by atoms with Crippen LogP contribution in [0.4, 0.5) is 24.9 Å². The lowest BCUT2D eigenvalue weighted by atomic mass is 9.90. The number of alkyl halides is 2. The first-order chi connectivity index (χ1) is 13.7. The Kier molecular flexibility index (Phi) is 6.24. The molecule has 1 aliphatic heterocycles. The van der Waals surface area contributed by atoms with Gasteiger partial charge in [-0.05, 0) is 18.1 Å². The minimum absolute atomic E-state index is 0.0708. The van der Waals surface area contributed by atoms with Crippen molar-refractivity contribution >= 4 is 17.7 Å². The van der Waals surface area contributed by atoms with Crippen molar-refractivity contribution in [2.75, 3.05) is 36.5 Å². The summed E-state index contributed by atoms with van der Waals surface area (Å²) in [6, 6.07) is 7.89. The summed E-state index contributed by atoms with van der Waals surface area (Å²) in [6.07, 6.45) is -1.51. The second-order valence-corrected chi connectivity index (χ2v) is 7.30. The van der Waals surface area contributed by atoms with Crippen LogP contribution in [0.5, 0.6) is 0 Å². The van der Waals surface area contributed by atoms with Gasteiger partial charge in [-0.1, -0.05) is 24.3 Å². The molecule has 6 nitrogen and oxygen atoms in total. The third-order valence-corrected chi connectivity index (χ3v) is 4.97. The molecule has 0 spiro atoms. The van der Waals surface area contributed by atoms with Gasteiger partial charge in [-0.25, -0.2) is 18.2 Å². The Hall–Kier alpha value is -2.84. The van der Waals surface area contributed by atoms with Gasteiger partial charge in [0.2, 0.25) is 11.9 Å². The molecular weight excluding hydrogens is 383 g/mol. The molecule has 9 heteroatoms. The van der Waals surface area contributed by atoms with Crippen molar-refractivity contribution in [1.29, 1.82) is 0 Å². The van der Waals surface area contributed by atoms with E-state index < -0.39 is 18.8 Å². The van der Waals surface area contributed by atoms with Crippen molar-refractivity contribution in [3.05, 3.63) is 47.4 Å². The summed E-state index contributed by atoms with van der Waals surface area (Å²) in [7, 11) is 1.45. The Morgan fingerprint density at radius 3 is 2.55 bits per heavy atom. The standard InChI is InChI=1S/C20H24F3N5O/c1-12(25-13(2)29)14-4-6-15(7-5-14)16-9-28(10-16)19-17(21)8-24-20(26-19)27(3)11-18(22)23/h4-8,12,16,18H,9-11H2,1-3H3,(H,25,29). The predicted molar refractivity (Wildman–Crippen MR) is 105 cm³/mol. The summed E-state index contributed by atoms with van der Waals surface area (Å²) in [5.74, 6) is -0.236. The lowest BCUT2D eigenvalue weighted by Gasteiger charge is -2.40. The Balaban J connectivity index is 1.64. The molecule has 0 aliphatic carbocycles. The van der Waals surface area contributed by atoms with Gasteiger partial charge in [-0.3, -0.25) is 4.79 Å². The van der Waals surface area contributed by atoms with Gasteiger partial charge < -0.3 is 15.1 Å². The van der Waals surface area contributed by atoms with Gasteiger partial charge in [-0.15, -0.1) is 0 Å². The number of anilines is 2. The van der Waals surface area contributed by atoms with Crippen LogP contribution in [0.2, 0.25) is 0 Å². The SMILES string of the molecule is CC(=O)NC(C)c1ccc(C2CN(c3nc(N(C)CC(F)F)ncc3F)C2)cc1. The van der Waals surface area contributed by atoms with Crippen molar-refractivity contribution in [2.24, 2.45) is 0 Å². The summed E-state index contributed by atoms with van der Waals surface area (Å²) in [6.45, 7) is 4.04. The number of aromatic nitrogens is 2. The van der Waals surface area contributed by atoms with Crippen LogP contribution in [-0.4, -0.2) is 49.0 Å². The number of carbonyl (C=O) groups is 1. The number of carbonyl (C=O) groups excluding carboxylic acids is 1. The Bertz CT molecular complexity index is 856. The van der Waals surface area contributed by atoms with Gasteiger partial charge in [0.15, 0.2) is 11.6 Å². The van der Waals surface area contributed by atoms with Crippen LogP contribution in [0, 0.1) is 5.82 Å². The molecular formula is C20H24F3N5O. The first-order valence-corrected chi connectivity index (χ1v) is 9.38. The maximum absolute atomic E-state index is 14.2. The Morgan fingerprint density at radius 1 is 1.31 bits per heavy atom. The highest BCUT2D eigenvalue weighted by molar-refractivity contribution is 5.73. The van der Waals surface area contributed by atoms with Gasteiger partial charge in [0.1, 0.15) is 0 Å². The van der Waals surface area contributed by atoms with Crippen LogP contribution < -0.4 is 15.1 Å². The molecule has 3 rings (SSSR count). The molecule has 0 bridgehead atoms. The van der Waals surface area contributed by atoms with Crippen molar-refractivity contribution < 1.29 is 18.0 Å². The second kappa shape index (κ2) is 8.67. The molecule has 1 fully saturated rings. The number of benzene rings is 1. The third-order valence-electron chi connectivity index (χ3n) is 4.97. The zero-order valence-electron chi connectivity index (χ0n) is 16.6. The van der Waals surface area contributed by atoms with Gasteiger partial charge in [-0.2, -0.15) is 4.98 Å². The first-order valence-electron chi connectivity index (χ1n) is 9.38. The van der Waals surface area contributed by atoms with Crippen LogP contribution >= 0.6 is 0 Å². The summed E-state index contributed by atoms with van der Waals surface area (Å²) < 4.78 is 39.3. The number of halogens is 3. The summed E-state index contributed by atoms with van der Waals surface area (Å²) >= 11 is 0. The van der Waals surface area contributed by atoms with E-state index in [9.17, 15) is 18.0 Å². The fraction of sp³-hybridized carbons (Fsp3) is 0.450. The van der Waals surface area contributed by atoms with Gasteiger partial charge in [0, 0.05) is 33.0 Å². The maximum atomic E-state index is 14.2. The van der Waals surface area contributed by atoms with Gasteiger partial charge >= 0.3 is 0 Å². The minimum atomic E-state index is -2.53. The van der Waals surface area contributed by atoms with E-state index in [1.165, 1.54) is 18.9 Å². The highest BCUT2D eigenvalue weighted by Crippen LogP contribution is 2.33. The molecule has 1 aliphatic rings. The van der Waals surface area contributed by atoms with Crippen LogP contribution in [0.3, 0.4) is 0 Å². The minimum Gasteiger partial charge on any atom is -0.353 e. The van der Waals surface area contributed by atoms with E-state index in [-0.39, 0.29) is 29.6 Å². The molecule has 1 atom stereocenters. The number of rotatable bonds is 7. The summed E-state index contributed by atoms with van der Waals surface area (Å²) in [5.41, 5.74) is 2.12. The van der Waals surface area contributed by atoms with E-state index in [1.54, 1.807) is 4.90 Å². The lowest BCUT2D eigenvalue weighted by molar-refractivity contribution is -0.119. The van der Waals surface area contributed by atoms with Crippen molar-refractivity contribution in [1.82, 2.24) is 15.3 Å². The number of hydrogen-bond acceptors (Lipinski definition) is 5. The number of amides is 1. The average Bonchev–Trinajstić information content (AvgIpc) is 2.61. The van der Waals surface area contributed by atoms with Gasteiger partial charge in [0.25, 0.3) is 6.43 Å². The molecule has 29 heavy (non-hydrogen) atoms. The Labute approximate surface area is 167 Å². The second-order valence-electron chi connectivity index (χ2n) is 7.30. The van der Waals surface area contributed by atoms with Crippen molar-refractivity contribution in [3.8, 4) is 0 Å². The highest BCUT2D eigenvalue weighted by atomic mass is 19.3. The molecule has 2 heterocycles. The molecule has 0 saturated carbocycles. The maximum Gasteiger partial charge on any atom is 0.255 e. The van der Waals surface area contributed by atoms with E-state index in [1.807, 2.05) is 31.2 Å².